The minimum Gasteiger partial charge on any atom is -0.317 e. The van der Waals surface area contributed by atoms with Gasteiger partial charge in [0.15, 0.2) is 12.4 Å². The van der Waals surface area contributed by atoms with Crippen molar-refractivity contribution in [3.8, 4) is 33.6 Å². The maximum absolute atomic E-state index is 4.77. The summed E-state index contributed by atoms with van der Waals surface area (Å²) >= 11 is 0. The smallest absolute Gasteiger partial charge is 0.203 e. The van der Waals surface area contributed by atoms with Crippen LogP contribution in [-0.4, -0.2) is 37.5 Å². The van der Waals surface area contributed by atoms with Gasteiger partial charge in [0.1, 0.15) is 0 Å². The predicted molar refractivity (Wildman–Crippen MR) is 162 cm³/mol. The van der Waals surface area contributed by atoms with Crippen molar-refractivity contribution in [1.82, 2.24) is 29.7 Å². The zero-order chi connectivity index (χ0) is 28.1. The molecule has 4 heterocycles. The molecule has 7 nitrogen and oxygen atoms in total. The normalized spacial score (nSPS) is 23.4. The van der Waals surface area contributed by atoms with Crippen molar-refractivity contribution < 1.29 is 4.68 Å². The Bertz CT molecular complexity index is 1500. The summed E-state index contributed by atoms with van der Waals surface area (Å²) in [4.78, 5) is 9.54. The van der Waals surface area contributed by atoms with Crippen LogP contribution in [0.5, 0.6) is 0 Å². The number of hydrogen-bond acceptors (Lipinski definition) is 4. The summed E-state index contributed by atoms with van der Waals surface area (Å²) in [7, 11) is 0. The summed E-state index contributed by atoms with van der Waals surface area (Å²) in [5, 5.41) is 8.07. The molecule has 3 aliphatic rings. The van der Waals surface area contributed by atoms with E-state index in [1.165, 1.54) is 17.5 Å². The van der Waals surface area contributed by atoms with E-state index in [0.29, 0.717) is 17.4 Å². The van der Waals surface area contributed by atoms with Crippen molar-refractivity contribution in [2.75, 3.05) is 13.1 Å². The third-order valence-corrected chi connectivity index (χ3v) is 10.3. The van der Waals surface area contributed by atoms with E-state index < -0.39 is 0 Å². The van der Waals surface area contributed by atoms with Crippen molar-refractivity contribution in [1.29, 1.82) is 0 Å². The monoisotopic (exact) mass is 550 g/mol. The van der Waals surface area contributed by atoms with Gasteiger partial charge < -0.3 is 5.32 Å². The Morgan fingerprint density at radius 2 is 1.73 bits per heavy atom. The Kier molecular flexibility index (Phi) is 6.81. The van der Waals surface area contributed by atoms with E-state index in [1.54, 1.807) is 0 Å². The molecule has 0 spiro atoms. The van der Waals surface area contributed by atoms with Gasteiger partial charge in [0.05, 0.1) is 30.5 Å². The lowest BCUT2D eigenvalue weighted by atomic mass is 9.71. The fourth-order valence-electron chi connectivity index (χ4n) is 7.21. The van der Waals surface area contributed by atoms with Crippen LogP contribution in [0.2, 0.25) is 0 Å². The highest BCUT2D eigenvalue weighted by molar-refractivity contribution is 5.69. The summed E-state index contributed by atoms with van der Waals surface area (Å²) in [5.74, 6) is 4.34. The van der Waals surface area contributed by atoms with Crippen molar-refractivity contribution in [3.05, 3.63) is 61.4 Å². The maximum Gasteiger partial charge on any atom is 0.203 e. The molecule has 0 amide bonds. The molecule has 1 aliphatic heterocycles. The van der Waals surface area contributed by atoms with Crippen molar-refractivity contribution >= 4 is 0 Å². The molecule has 1 saturated heterocycles. The summed E-state index contributed by atoms with van der Waals surface area (Å²) in [5.41, 5.74) is 5.93. The maximum atomic E-state index is 4.77. The Morgan fingerprint density at radius 1 is 0.976 bits per heavy atom. The van der Waals surface area contributed by atoms with Crippen LogP contribution in [-0.2, 0) is 13.1 Å². The van der Waals surface area contributed by atoms with Gasteiger partial charge >= 0.3 is 0 Å². The van der Waals surface area contributed by atoms with Crippen LogP contribution in [0.15, 0.2) is 61.4 Å². The van der Waals surface area contributed by atoms with E-state index in [0.717, 1.165) is 85.7 Å². The number of piperidine rings is 1. The zero-order valence-electron chi connectivity index (χ0n) is 25.0. The largest absolute Gasteiger partial charge is 0.317 e. The van der Waals surface area contributed by atoms with Crippen LogP contribution < -0.4 is 10.00 Å². The average molecular weight is 551 g/mol. The minimum absolute atomic E-state index is 0.348. The van der Waals surface area contributed by atoms with Gasteiger partial charge in [0.2, 0.25) is 6.20 Å². The van der Waals surface area contributed by atoms with Crippen LogP contribution >= 0.6 is 0 Å². The van der Waals surface area contributed by atoms with Gasteiger partial charge in [0.25, 0.3) is 0 Å². The highest BCUT2D eigenvalue weighted by Gasteiger charge is 2.71. The Labute approximate surface area is 244 Å². The Balaban J connectivity index is 1.11. The van der Waals surface area contributed by atoms with Gasteiger partial charge in [-0.05, 0) is 74.1 Å². The number of aromatic nitrogens is 6. The summed E-state index contributed by atoms with van der Waals surface area (Å²) < 4.78 is 7.05. The molecule has 7 heteroatoms. The first-order valence-corrected chi connectivity index (χ1v) is 15.7. The number of benzene rings is 1. The van der Waals surface area contributed by atoms with Gasteiger partial charge in [0, 0.05) is 40.7 Å². The minimum atomic E-state index is 0.348. The summed E-state index contributed by atoms with van der Waals surface area (Å²) in [6.45, 7) is 13.9. The van der Waals surface area contributed by atoms with Gasteiger partial charge in [-0.25, -0.2) is 9.97 Å². The molecule has 41 heavy (non-hydrogen) atoms. The van der Waals surface area contributed by atoms with Gasteiger partial charge in [-0.15, -0.1) is 4.68 Å². The molecule has 7 rings (SSSR count). The van der Waals surface area contributed by atoms with Crippen LogP contribution in [0.4, 0.5) is 0 Å². The van der Waals surface area contributed by atoms with E-state index in [-0.39, 0.29) is 0 Å². The lowest BCUT2D eigenvalue weighted by Crippen LogP contribution is -2.51. The molecule has 3 fully saturated rings. The van der Waals surface area contributed by atoms with Gasteiger partial charge in [-0.1, -0.05) is 45.9 Å². The average Bonchev–Trinajstić information content (AvgIpc) is 3.81. The van der Waals surface area contributed by atoms with Crippen LogP contribution in [0.25, 0.3) is 33.6 Å². The van der Waals surface area contributed by atoms with E-state index in [1.807, 2.05) is 18.6 Å². The number of nitrogens with zero attached hydrogens (tertiary/aromatic N) is 6. The van der Waals surface area contributed by atoms with Gasteiger partial charge in [-0.3, -0.25) is 4.68 Å². The third-order valence-electron chi connectivity index (χ3n) is 10.3. The zero-order valence-corrected chi connectivity index (χ0v) is 25.0. The number of fused-ring (bicyclic) bond motifs is 1. The molecule has 0 radical (unpaired) electrons. The molecule has 3 unspecified atom stereocenters. The fraction of sp³-hybridized carbons (Fsp3) is 0.529. The lowest BCUT2D eigenvalue weighted by molar-refractivity contribution is -0.787. The second kappa shape index (κ2) is 10.5. The second-order valence-electron chi connectivity index (χ2n) is 13.3. The van der Waals surface area contributed by atoms with E-state index in [4.69, 9.17) is 9.97 Å². The van der Waals surface area contributed by atoms with Gasteiger partial charge in [-0.2, -0.15) is 9.78 Å². The van der Waals surface area contributed by atoms with Crippen LogP contribution in [0.1, 0.15) is 59.4 Å². The third kappa shape index (κ3) is 5.03. The molecule has 3 atom stereocenters. The van der Waals surface area contributed by atoms with E-state index >= 15 is 0 Å². The standard InChI is InChI=1S/C34H44N7/c1-5-13-39-19-28(20-40(39)22-34(4,23(2)3)32-30-15-31(30)32)24-7-6-8-25(14-24)33-36-16-26(17-37-33)27-18-38-41(21-27)29-9-11-35-12-10-29/h6-8,14,16-21,23,29-32,35H,5,9-13,15,22H2,1-4H3/q+1. The first kappa shape index (κ1) is 26.6. The lowest BCUT2D eigenvalue weighted by Gasteiger charge is -2.33. The van der Waals surface area contributed by atoms with Crippen LogP contribution in [0, 0.1) is 29.1 Å². The fourth-order valence-corrected chi connectivity index (χ4v) is 7.21. The Morgan fingerprint density at radius 3 is 2.41 bits per heavy atom. The molecular formula is C34H44N7+. The number of nitrogens with one attached hydrogen (secondary N) is 1. The predicted octanol–water partition coefficient (Wildman–Crippen LogP) is 6.03. The molecule has 3 aromatic heterocycles. The molecule has 214 valence electrons. The Hall–Kier alpha value is -3.32. The molecule has 1 N–H and O–H groups in total. The summed E-state index contributed by atoms with van der Waals surface area (Å²) in [6, 6.07) is 9.15. The molecule has 2 saturated carbocycles. The molecule has 0 bridgehead atoms. The number of rotatable bonds is 10. The first-order valence-electron chi connectivity index (χ1n) is 15.7. The van der Waals surface area contributed by atoms with Crippen LogP contribution in [0.3, 0.4) is 0 Å². The molecule has 2 aliphatic carbocycles. The second-order valence-corrected chi connectivity index (χ2v) is 13.3. The molecule has 4 aromatic rings. The molecule has 1 aromatic carbocycles. The highest BCUT2D eigenvalue weighted by Crippen LogP contribution is 2.75. The first-order chi connectivity index (χ1) is 19.9. The van der Waals surface area contributed by atoms with E-state index in [2.05, 4.69) is 95.0 Å². The van der Waals surface area contributed by atoms with Crippen molar-refractivity contribution in [2.24, 2.45) is 29.1 Å². The van der Waals surface area contributed by atoms with Crippen molar-refractivity contribution in [3.63, 3.8) is 0 Å². The number of aryl methyl sites for hydroxylation is 1. The summed E-state index contributed by atoms with van der Waals surface area (Å²) in [6.07, 6.45) is 17.5. The molecular weight excluding hydrogens is 506 g/mol. The number of hydrogen-bond donors (Lipinski definition) is 1. The van der Waals surface area contributed by atoms with Crippen molar-refractivity contribution in [2.45, 2.75) is 72.5 Å². The quantitative estimate of drug-likeness (QED) is 0.245. The SMILES string of the molecule is CCCn1cc(-c2cccc(-c3ncc(-c4cnn(C5CCNCC5)c4)cn3)c2)c[n+]1CC(C)(C(C)C)C1C2CC21. The van der Waals surface area contributed by atoms with E-state index in [9.17, 15) is 0 Å². The highest BCUT2D eigenvalue weighted by atomic mass is 15.4. The topological polar surface area (TPSA) is 64.4 Å².